The molecule has 162 valence electrons. The van der Waals surface area contributed by atoms with Crippen molar-refractivity contribution in [3.05, 3.63) is 90.1 Å². The van der Waals surface area contributed by atoms with Crippen molar-refractivity contribution in [2.75, 3.05) is 6.26 Å². The number of hydrogen-bond acceptors (Lipinski definition) is 5. The smallest absolute Gasteiger partial charge is 0.270 e. The number of hydrogen-bond donors (Lipinski definition) is 1. The molecule has 1 N–H and O–H groups in total. The number of aromatic nitrogens is 2. The molecule has 0 fully saturated rings. The Bertz CT molecular complexity index is 1400. The van der Waals surface area contributed by atoms with Crippen molar-refractivity contribution in [1.82, 2.24) is 15.3 Å². The number of carbonyl (C=O) groups excluding carboxylic acids is 1. The summed E-state index contributed by atoms with van der Waals surface area (Å²) >= 11 is 0. The maximum atomic E-state index is 13.3. The van der Waals surface area contributed by atoms with Crippen LogP contribution < -0.4 is 5.32 Å². The summed E-state index contributed by atoms with van der Waals surface area (Å²) in [5, 5.41) is 3.64. The van der Waals surface area contributed by atoms with Crippen molar-refractivity contribution >= 4 is 26.6 Å². The minimum Gasteiger partial charge on any atom is -0.344 e. The zero-order valence-electron chi connectivity index (χ0n) is 17.4. The monoisotopic (exact) mass is 449 g/mol. The highest BCUT2D eigenvalue weighted by molar-refractivity contribution is 7.90. The molecule has 8 heteroatoms. The lowest BCUT2D eigenvalue weighted by molar-refractivity contribution is 0.0935. The fraction of sp³-hybridized carbons (Fsp3) is 0.125. The van der Waals surface area contributed by atoms with Crippen LogP contribution in [0.2, 0.25) is 0 Å². The van der Waals surface area contributed by atoms with Crippen molar-refractivity contribution in [3.63, 3.8) is 0 Å². The van der Waals surface area contributed by atoms with Crippen LogP contribution in [0.3, 0.4) is 0 Å². The fourth-order valence-corrected chi connectivity index (χ4v) is 4.00. The third-order valence-electron chi connectivity index (χ3n) is 5.14. The Labute approximate surface area is 185 Å². The van der Waals surface area contributed by atoms with Crippen LogP contribution in [-0.2, 0) is 9.84 Å². The summed E-state index contributed by atoms with van der Waals surface area (Å²) in [6, 6.07) is 15.4. The van der Waals surface area contributed by atoms with E-state index in [9.17, 15) is 17.6 Å². The van der Waals surface area contributed by atoms with Crippen molar-refractivity contribution < 1.29 is 17.6 Å². The molecule has 32 heavy (non-hydrogen) atoms. The van der Waals surface area contributed by atoms with Gasteiger partial charge in [-0.2, -0.15) is 0 Å². The van der Waals surface area contributed by atoms with Crippen LogP contribution in [0.1, 0.15) is 29.0 Å². The first-order chi connectivity index (χ1) is 15.2. The van der Waals surface area contributed by atoms with Crippen LogP contribution in [0.15, 0.2) is 78.0 Å². The lowest BCUT2D eigenvalue weighted by Gasteiger charge is -2.15. The Kier molecular flexibility index (Phi) is 5.71. The summed E-state index contributed by atoms with van der Waals surface area (Å²) in [6.45, 7) is 1.81. The van der Waals surface area contributed by atoms with E-state index in [0.29, 0.717) is 11.1 Å². The molecule has 2 aromatic heterocycles. The van der Waals surface area contributed by atoms with E-state index in [4.69, 9.17) is 0 Å². The maximum absolute atomic E-state index is 13.3. The van der Waals surface area contributed by atoms with Gasteiger partial charge in [0.15, 0.2) is 9.84 Å². The van der Waals surface area contributed by atoms with Gasteiger partial charge in [0.1, 0.15) is 11.5 Å². The molecule has 0 aliphatic heterocycles. The minimum atomic E-state index is -3.28. The summed E-state index contributed by atoms with van der Waals surface area (Å²) < 4.78 is 36.6. The number of pyridine rings is 2. The largest absolute Gasteiger partial charge is 0.344 e. The maximum Gasteiger partial charge on any atom is 0.270 e. The van der Waals surface area contributed by atoms with Crippen LogP contribution >= 0.6 is 0 Å². The summed E-state index contributed by atoms with van der Waals surface area (Å²) in [6.07, 6.45) is 4.44. The second-order valence-electron chi connectivity index (χ2n) is 7.50. The van der Waals surface area contributed by atoms with Gasteiger partial charge in [-0.15, -0.1) is 0 Å². The van der Waals surface area contributed by atoms with Crippen LogP contribution in [0, 0.1) is 5.82 Å². The van der Waals surface area contributed by atoms with E-state index >= 15 is 0 Å². The molecule has 0 aliphatic carbocycles. The van der Waals surface area contributed by atoms with E-state index < -0.39 is 9.84 Å². The molecule has 0 saturated heterocycles. The molecule has 2 heterocycles. The number of nitrogens with zero attached hydrogens (tertiary/aromatic N) is 2. The highest BCUT2D eigenvalue weighted by atomic mass is 32.2. The van der Waals surface area contributed by atoms with Gasteiger partial charge in [-0.1, -0.05) is 24.3 Å². The molecule has 1 atom stereocenters. The average molecular weight is 450 g/mol. The molecule has 2 aromatic carbocycles. The summed E-state index contributed by atoms with van der Waals surface area (Å²) in [5.41, 5.74) is 3.02. The molecule has 0 saturated carbocycles. The average Bonchev–Trinajstić information content (AvgIpc) is 2.78. The second kappa shape index (κ2) is 8.47. The van der Waals surface area contributed by atoms with E-state index in [1.165, 1.54) is 24.3 Å². The van der Waals surface area contributed by atoms with Gasteiger partial charge in [-0.05, 0) is 54.4 Å². The first-order valence-corrected chi connectivity index (χ1v) is 11.7. The van der Waals surface area contributed by atoms with E-state index in [0.717, 1.165) is 22.8 Å². The molecule has 1 unspecified atom stereocenters. The van der Waals surface area contributed by atoms with E-state index in [1.54, 1.807) is 48.8 Å². The number of amides is 1. The lowest BCUT2D eigenvalue weighted by atomic mass is 10.0. The number of fused-ring (bicyclic) bond motifs is 1. The number of sulfone groups is 1. The van der Waals surface area contributed by atoms with Crippen LogP contribution in [0.4, 0.5) is 4.39 Å². The van der Waals surface area contributed by atoms with E-state index in [2.05, 4.69) is 15.3 Å². The van der Waals surface area contributed by atoms with Crippen LogP contribution in [-0.4, -0.2) is 30.5 Å². The Morgan fingerprint density at radius 1 is 0.969 bits per heavy atom. The zero-order chi connectivity index (χ0) is 22.9. The number of carbonyl (C=O) groups is 1. The second-order valence-corrected chi connectivity index (χ2v) is 9.51. The van der Waals surface area contributed by atoms with Gasteiger partial charge in [0.2, 0.25) is 0 Å². The van der Waals surface area contributed by atoms with Gasteiger partial charge in [0, 0.05) is 29.6 Å². The fourth-order valence-electron chi connectivity index (χ4n) is 3.37. The van der Waals surface area contributed by atoms with Gasteiger partial charge < -0.3 is 5.32 Å². The molecule has 1 amide bonds. The SMILES string of the molecule is CC(NC(=O)c1ccc2cncc(-c3ccc(F)cc3)c2n1)c1ccc(S(C)(=O)=O)cc1. The first kappa shape index (κ1) is 21.6. The topological polar surface area (TPSA) is 89.0 Å². The molecule has 6 nitrogen and oxygen atoms in total. The molecule has 0 bridgehead atoms. The van der Waals surface area contributed by atoms with Crippen molar-refractivity contribution in [2.45, 2.75) is 17.9 Å². The third-order valence-corrected chi connectivity index (χ3v) is 6.27. The number of benzene rings is 2. The zero-order valence-corrected chi connectivity index (χ0v) is 18.2. The summed E-state index contributed by atoms with van der Waals surface area (Å²) in [7, 11) is -3.28. The van der Waals surface area contributed by atoms with Gasteiger partial charge in [-0.25, -0.2) is 17.8 Å². The summed E-state index contributed by atoms with van der Waals surface area (Å²) in [4.78, 5) is 21.8. The predicted octanol–water partition coefficient (Wildman–Crippen LogP) is 4.33. The minimum absolute atomic E-state index is 0.220. The quantitative estimate of drug-likeness (QED) is 0.490. The number of rotatable bonds is 5. The predicted molar refractivity (Wildman–Crippen MR) is 120 cm³/mol. The molecule has 4 aromatic rings. The van der Waals surface area contributed by atoms with Crippen LogP contribution in [0.5, 0.6) is 0 Å². The van der Waals surface area contributed by atoms with Crippen molar-refractivity contribution in [3.8, 4) is 11.1 Å². The van der Waals surface area contributed by atoms with Gasteiger partial charge in [0.25, 0.3) is 5.91 Å². The lowest BCUT2D eigenvalue weighted by Crippen LogP contribution is -2.27. The molecular formula is C24H20FN3O3S. The Morgan fingerprint density at radius 3 is 2.31 bits per heavy atom. The summed E-state index contributed by atoms with van der Waals surface area (Å²) in [5.74, 6) is -0.706. The molecule has 0 spiro atoms. The molecule has 0 aliphatic rings. The molecule has 4 rings (SSSR count). The molecule has 0 radical (unpaired) electrons. The highest BCUT2D eigenvalue weighted by Crippen LogP contribution is 2.27. The first-order valence-electron chi connectivity index (χ1n) is 9.84. The van der Waals surface area contributed by atoms with Crippen molar-refractivity contribution in [2.24, 2.45) is 0 Å². The van der Waals surface area contributed by atoms with E-state index in [1.807, 2.05) is 6.92 Å². The van der Waals surface area contributed by atoms with Crippen LogP contribution in [0.25, 0.3) is 22.0 Å². The van der Waals surface area contributed by atoms with Gasteiger partial charge in [-0.3, -0.25) is 9.78 Å². The third kappa shape index (κ3) is 4.50. The Balaban J connectivity index is 1.61. The number of nitrogens with one attached hydrogen (secondary N) is 1. The standard InChI is InChI=1S/C24H20FN3O3S/c1-15(16-5-10-20(11-6-16)32(2,30)31)27-24(29)22-12-7-18-13-26-14-21(23(18)28-22)17-3-8-19(25)9-4-17/h3-15H,1-2H3,(H,27,29). The molecular weight excluding hydrogens is 429 g/mol. The van der Waals surface area contributed by atoms with Crippen molar-refractivity contribution in [1.29, 1.82) is 0 Å². The Morgan fingerprint density at radius 2 is 1.66 bits per heavy atom. The van der Waals surface area contributed by atoms with Gasteiger partial charge in [0.05, 0.1) is 16.5 Å². The van der Waals surface area contributed by atoms with E-state index in [-0.39, 0.29) is 28.4 Å². The van der Waals surface area contributed by atoms with Gasteiger partial charge >= 0.3 is 0 Å². The highest BCUT2D eigenvalue weighted by Gasteiger charge is 2.16. The normalized spacial score (nSPS) is 12.5. The number of halogens is 1. The Hall–Kier alpha value is -3.65.